The first kappa shape index (κ1) is 17.0. The second kappa shape index (κ2) is 6.98. The smallest absolute Gasteiger partial charge is 0.339 e. The molecule has 0 saturated carbocycles. The van der Waals surface area contributed by atoms with E-state index in [-0.39, 0.29) is 10.7 Å². The van der Waals surface area contributed by atoms with Gasteiger partial charge in [-0.05, 0) is 36.4 Å². The van der Waals surface area contributed by atoms with Gasteiger partial charge in [0.1, 0.15) is 5.82 Å². The lowest BCUT2D eigenvalue weighted by Gasteiger charge is -2.12. The number of alkyl halides is 3. The maximum Gasteiger partial charge on any atom is 0.416 e. The van der Waals surface area contributed by atoms with Crippen LogP contribution >= 0.6 is 11.6 Å². The van der Waals surface area contributed by atoms with Gasteiger partial charge in [-0.2, -0.15) is 18.2 Å². The summed E-state index contributed by atoms with van der Waals surface area (Å²) in [6, 6.07) is 13.9. The average Bonchev–Trinajstić information content (AvgIpc) is 2.57. The summed E-state index contributed by atoms with van der Waals surface area (Å²) in [5.74, 6) is 0.619. The summed E-state index contributed by atoms with van der Waals surface area (Å²) in [5.41, 5.74) is 0.105. The molecule has 8 heteroatoms. The molecule has 2 N–H and O–H groups in total. The van der Waals surface area contributed by atoms with Crippen LogP contribution in [-0.2, 0) is 6.18 Å². The number of aromatic nitrogens is 2. The molecule has 2 aromatic carbocycles. The number of nitrogens with one attached hydrogen (secondary N) is 2. The van der Waals surface area contributed by atoms with Crippen molar-refractivity contribution in [3.05, 3.63) is 71.4 Å². The summed E-state index contributed by atoms with van der Waals surface area (Å²) in [7, 11) is 0. The lowest BCUT2D eigenvalue weighted by molar-refractivity contribution is -0.137. The van der Waals surface area contributed by atoms with Crippen molar-refractivity contribution >= 4 is 34.7 Å². The highest BCUT2D eigenvalue weighted by Crippen LogP contribution is 2.34. The lowest BCUT2D eigenvalue weighted by atomic mass is 10.2. The largest absolute Gasteiger partial charge is 0.416 e. The highest BCUT2D eigenvalue weighted by Gasteiger charge is 2.31. The molecule has 0 fully saturated rings. The fraction of sp³-hybridized carbons (Fsp3) is 0.0588. The molecular weight excluding hydrogens is 353 g/mol. The Balaban J connectivity index is 1.83. The number of para-hydroxylation sites is 1. The molecule has 0 saturated heterocycles. The first-order chi connectivity index (χ1) is 11.9. The Hall–Kier alpha value is -2.80. The summed E-state index contributed by atoms with van der Waals surface area (Å²) in [6.45, 7) is 0. The van der Waals surface area contributed by atoms with E-state index in [9.17, 15) is 13.2 Å². The molecule has 0 bridgehead atoms. The molecular formula is C17H12ClF3N4. The van der Waals surface area contributed by atoms with E-state index >= 15 is 0 Å². The van der Waals surface area contributed by atoms with Crippen molar-refractivity contribution in [2.45, 2.75) is 6.18 Å². The van der Waals surface area contributed by atoms with E-state index in [1.54, 1.807) is 0 Å². The zero-order valence-electron chi connectivity index (χ0n) is 12.7. The number of hydrogen-bond donors (Lipinski definition) is 2. The Kier molecular flexibility index (Phi) is 4.76. The molecule has 0 radical (unpaired) electrons. The van der Waals surface area contributed by atoms with Crippen LogP contribution in [0.2, 0.25) is 5.02 Å². The van der Waals surface area contributed by atoms with E-state index in [1.807, 2.05) is 30.3 Å². The van der Waals surface area contributed by atoms with E-state index < -0.39 is 11.7 Å². The Morgan fingerprint density at radius 3 is 2.40 bits per heavy atom. The van der Waals surface area contributed by atoms with Crippen LogP contribution in [0.5, 0.6) is 0 Å². The van der Waals surface area contributed by atoms with Crippen LogP contribution in [0.1, 0.15) is 5.56 Å². The van der Waals surface area contributed by atoms with Gasteiger partial charge in [-0.15, -0.1) is 0 Å². The van der Waals surface area contributed by atoms with E-state index in [4.69, 9.17) is 11.6 Å². The standard InChI is InChI=1S/C17H12ClF3N4/c18-13-7-6-11(17(19,20)21)10-14(13)24-15-8-9-22-16(25-15)23-12-4-2-1-3-5-12/h1-10H,(H2,22,23,24,25). The minimum Gasteiger partial charge on any atom is -0.339 e. The second-order valence-electron chi connectivity index (χ2n) is 5.07. The third-order valence-corrected chi connectivity index (χ3v) is 3.57. The first-order valence-corrected chi connectivity index (χ1v) is 7.58. The van der Waals surface area contributed by atoms with E-state index in [0.29, 0.717) is 11.8 Å². The summed E-state index contributed by atoms with van der Waals surface area (Å²) in [4.78, 5) is 8.30. The van der Waals surface area contributed by atoms with Crippen LogP contribution in [0.25, 0.3) is 0 Å². The number of nitrogens with zero attached hydrogens (tertiary/aromatic N) is 2. The number of hydrogen-bond acceptors (Lipinski definition) is 4. The molecule has 1 heterocycles. The van der Waals surface area contributed by atoms with Gasteiger partial charge in [0.2, 0.25) is 5.95 Å². The van der Waals surface area contributed by atoms with Crippen LogP contribution in [0.15, 0.2) is 60.8 Å². The van der Waals surface area contributed by atoms with Crippen molar-refractivity contribution < 1.29 is 13.2 Å². The van der Waals surface area contributed by atoms with Gasteiger partial charge >= 0.3 is 6.18 Å². The third-order valence-electron chi connectivity index (χ3n) is 3.24. The summed E-state index contributed by atoms with van der Waals surface area (Å²) < 4.78 is 38.5. The quantitative estimate of drug-likeness (QED) is 0.629. The zero-order chi connectivity index (χ0) is 17.9. The fourth-order valence-electron chi connectivity index (χ4n) is 2.07. The van der Waals surface area contributed by atoms with Crippen LogP contribution in [0.4, 0.5) is 36.3 Å². The molecule has 0 spiro atoms. The van der Waals surface area contributed by atoms with Gasteiger partial charge in [0.15, 0.2) is 0 Å². The molecule has 0 atom stereocenters. The van der Waals surface area contributed by atoms with Crippen LogP contribution in [-0.4, -0.2) is 9.97 Å². The molecule has 4 nitrogen and oxygen atoms in total. The molecule has 1 aromatic heterocycles. The number of rotatable bonds is 4. The van der Waals surface area contributed by atoms with Gasteiger partial charge in [0.25, 0.3) is 0 Å². The Bertz CT molecular complexity index is 869. The summed E-state index contributed by atoms with van der Waals surface area (Å²) in [6.07, 6.45) is -2.96. The highest BCUT2D eigenvalue weighted by molar-refractivity contribution is 6.33. The molecule has 128 valence electrons. The minimum atomic E-state index is -4.45. The zero-order valence-corrected chi connectivity index (χ0v) is 13.4. The Morgan fingerprint density at radius 1 is 0.920 bits per heavy atom. The first-order valence-electron chi connectivity index (χ1n) is 7.21. The average molecular weight is 365 g/mol. The molecule has 0 aliphatic heterocycles. The van der Waals surface area contributed by atoms with Crippen molar-refractivity contribution in [2.75, 3.05) is 10.6 Å². The van der Waals surface area contributed by atoms with Crippen molar-refractivity contribution in [1.29, 1.82) is 0 Å². The SMILES string of the molecule is FC(F)(F)c1ccc(Cl)c(Nc2ccnc(Nc3ccccc3)n2)c1. The van der Waals surface area contributed by atoms with Crippen molar-refractivity contribution in [2.24, 2.45) is 0 Å². The van der Waals surface area contributed by atoms with Crippen molar-refractivity contribution in [1.82, 2.24) is 9.97 Å². The van der Waals surface area contributed by atoms with Crippen LogP contribution in [0.3, 0.4) is 0 Å². The number of halogens is 4. The van der Waals surface area contributed by atoms with Gasteiger partial charge in [-0.25, -0.2) is 4.98 Å². The minimum absolute atomic E-state index is 0.112. The maximum atomic E-state index is 12.8. The van der Waals surface area contributed by atoms with Gasteiger partial charge in [-0.1, -0.05) is 29.8 Å². The van der Waals surface area contributed by atoms with Gasteiger partial charge < -0.3 is 10.6 Å². The summed E-state index contributed by atoms with van der Waals surface area (Å²) in [5, 5.41) is 5.95. The molecule has 0 aliphatic rings. The normalized spacial score (nSPS) is 11.2. The van der Waals surface area contributed by atoms with Crippen molar-refractivity contribution in [3.63, 3.8) is 0 Å². The molecule has 0 amide bonds. The van der Waals surface area contributed by atoms with Crippen LogP contribution < -0.4 is 10.6 Å². The monoisotopic (exact) mass is 364 g/mol. The maximum absolute atomic E-state index is 12.8. The van der Waals surface area contributed by atoms with Gasteiger partial charge in [0, 0.05) is 11.9 Å². The predicted molar refractivity (Wildman–Crippen MR) is 91.5 cm³/mol. The van der Waals surface area contributed by atoms with E-state index in [0.717, 1.165) is 17.8 Å². The molecule has 0 aliphatic carbocycles. The van der Waals surface area contributed by atoms with E-state index in [1.165, 1.54) is 18.3 Å². The molecule has 25 heavy (non-hydrogen) atoms. The molecule has 0 unspecified atom stereocenters. The van der Waals surface area contributed by atoms with E-state index in [2.05, 4.69) is 20.6 Å². The third kappa shape index (κ3) is 4.39. The number of anilines is 4. The van der Waals surface area contributed by atoms with Crippen molar-refractivity contribution in [3.8, 4) is 0 Å². The second-order valence-corrected chi connectivity index (χ2v) is 5.48. The Morgan fingerprint density at radius 2 is 1.68 bits per heavy atom. The fourth-order valence-corrected chi connectivity index (χ4v) is 2.24. The lowest BCUT2D eigenvalue weighted by Crippen LogP contribution is -2.06. The van der Waals surface area contributed by atoms with Gasteiger partial charge in [0.05, 0.1) is 16.3 Å². The number of benzene rings is 2. The topological polar surface area (TPSA) is 49.8 Å². The predicted octanol–water partition coefficient (Wildman–Crippen LogP) is 5.64. The van der Waals surface area contributed by atoms with Crippen LogP contribution in [0, 0.1) is 0 Å². The van der Waals surface area contributed by atoms with Gasteiger partial charge in [-0.3, -0.25) is 0 Å². The Labute approximate surface area is 146 Å². The summed E-state index contributed by atoms with van der Waals surface area (Å²) >= 11 is 5.98. The molecule has 3 aromatic rings. The molecule has 3 rings (SSSR count). The highest BCUT2D eigenvalue weighted by atomic mass is 35.5.